The number of methoxy groups -OCH3 is 1. The van der Waals surface area contributed by atoms with Crippen molar-refractivity contribution in [2.45, 2.75) is 19.1 Å². The fourth-order valence-electron chi connectivity index (χ4n) is 1.56. The van der Waals surface area contributed by atoms with Crippen LogP contribution in [-0.2, 0) is 34.5 Å². The number of hydrogen-bond acceptors (Lipinski definition) is 4. The van der Waals surface area contributed by atoms with Gasteiger partial charge >= 0.3 is 5.97 Å². The standard InChI is InChI=1S/C11H12F2O4S/c1-17-11(14)10-3-9(6-18(15)16)7(4-12)2-8(10)5-13/h2-3,18H,4-6H2,1H3. The van der Waals surface area contributed by atoms with E-state index >= 15 is 0 Å². The molecule has 0 N–H and O–H groups in total. The molecule has 100 valence electrons. The molecule has 0 saturated heterocycles. The van der Waals surface area contributed by atoms with E-state index in [1.165, 1.54) is 6.07 Å². The molecular weight excluding hydrogens is 266 g/mol. The van der Waals surface area contributed by atoms with E-state index in [1.807, 2.05) is 0 Å². The Morgan fingerprint density at radius 3 is 2.22 bits per heavy atom. The smallest absolute Gasteiger partial charge is 0.338 e. The van der Waals surface area contributed by atoms with Gasteiger partial charge in [0.05, 0.1) is 18.4 Å². The van der Waals surface area contributed by atoms with E-state index in [0.717, 1.165) is 13.2 Å². The molecule has 4 nitrogen and oxygen atoms in total. The second kappa shape index (κ2) is 6.44. The minimum atomic E-state index is -2.76. The summed E-state index contributed by atoms with van der Waals surface area (Å²) < 4.78 is 51.3. The topological polar surface area (TPSA) is 60.4 Å². The maximum Gasteiger partial charge on any atom is 0.338 e. The lowest BCUT2D eigenvalue weighted by Gasteiger charge is -2.10. The van der Waals surface area contributed by atoms with E-state index in [1.54, 1.807) is 0 Å². The largest absolute Gasteiger partial charge is 0.465 e. The second-order valence-electron chi connectivity index (χ2n) is 3.53. The predicted octanol–water partition coefficient (Wildman–Crippen LogP) is 1.52. The Hall–Kier alpha value is -1.50. The first-order valence-corrected chi connectivity index (χ1v) is 6.36. The van der Waals surface area contributed by atoms with E-state index in [2.05, 4.69) is 4.74 Å². The minimum absolute atomic E-state index is 0.0145. The average Bonchev–Trinajstić information content (AvgIpc) is 2.36. The number of carbonyl (C=O) groups is 1. The van der Waals surface area contributed by atoms with E-state index in [0.29, 0.717) is 0 Å². The molecule has 0 radical (unpaired) electrons. The van der Waals surface area contributed by atoms with Gasteiger partial charge in [-0.15, -0.1) is 0 Å². The molecule has 1 rings (SSSR count). The Balaban J connectivity index is 3.37. The zero-order valence-corrected chi connectivity index (χ0v) is 10.5. The minimum Gasteiger partial charge on any atom is -0.465 e. The summed E-state index contributed by atoms with van der Waals surface area (Å²) in [5, 5.41) is 0. The molecule has 1 aromatic carbocycles. The van der Waals surface area contributed by atoms with E-state index in [4.69, 9.17) is 0 Å². The molecule has 0 unspecified atom stereocenters. The Kier molecular flexibility index (Phi) is 5.21. The number of halogens is 2. The molecule has 0 aliphatic carbocycles. The third kappa shape index (κ3) is 3.25. The van der Waals surface area contributed by atoms with Gasteiger partial charge in [0.15, 0.2) is 0 Å². The van der Waals surface area contributed by atoms with Crippen molar-refractivity contribution >= 4 is 16.7 Å². The molecule has 0 atom stereocenters. The van der Waals surface area contributed by atoms with Crippen molar-refractivity contribution in [3.63, 3.8) is 0 Å². The van der Waals surface area contributed by atoms with Crippen LogP contribution >= 0.6 is 0 Å². The number of carbonyl (C=O) groups excluding carboxylic acids is 1. The third-order valence-corrected chi connectivity index (χ3v) is 3.02. The second-order valence-corrected chi connectivity index (χ2v) is 4.51. The Bertz CT molecular complexity index is 518. The number of hydrogen-bond donors (Lipinski definition) is 1. The summed E-state index contributed by atoms with van der Waals surface area (Å²) in [6.45, 7) is -1.88. The molecule has 18 heavy (non-hydrogen) atoms. The molecule has 1 aromatic rings. The number of benzene rings is 1. The molecule has 0 bridgehead atoms. The van der Waals surface area contributed by atoms with Crippen LogP contribution in [0.3, 0.4) is 0 Å². The van der Waals surface area contributed by atoms with Gasteiger partial charge in [-0.3, -0.25) is 0 Å². The molecule has 0 saturated carbocycles. The van der Waals surface area contributed by atoms with Crippen molar-refractivity contribution < 1.29 is 26.7 Å². The van der Waals surface area contributed by atoms with Crippen LogP contribution in [-0.4, -0.2) is 21.5 Å². The van der Waals surface area contributed by atoms with Crippen molar-refractivity contribution in [1.82, 2.24) is 0 Å². The summed E-state index contributed by atoms with van der Waals surface area (Å²) in [7, 11) is -1.63. The van der Waals surface area contributed by atoms with Crippen LogP contribution in [0.1, 0.15) is 27.0 Å². The highest BCUT2D eigenvalue weighted by molar-refractivity contribution is 7.71. The SMILES string of the molecule is COC(=O)c1cc(C[SH](=O)=O)c(CF)cc1CF. The molecule has 0 aromatic heterocycles. The quantitative estimate of drug-likeness (QED) is 0.655. The predicted molar refractivity (Wildman–Crippen MR) is 61.4 cm³/mol. The third-order valence-electron chi connectivity index (χ3n) is 2.42. The normalized spacial score (nSPS) is 10.7. The summed E-state index contributed by atoms with van der Waals surface area (Å²) in [4.78, 5) is 11.4. The summed E-state index contributed by atoms with van der Waals surface area (Å²) in [6, 6.07) is 2.32. The van der Waals surface area contributed by atoms with Crippen molar-refractivity contribution in [2.75, 3.05) is 7.11 Å². The lowest BCUT2D eigenvalue weighted by Crippen LogP contribution is -2.08. The maximum atomic E-state index is 12.7. The van der Waals surface area contributed by atoms with Crippen molar-refractivity contribution in [3.05, 3.63) is 34.4 Å². The van der Waals surface area contributed by atoms with Gasteiger partial charge < -0.3 is 4.74 Å². The van der Waals surface area contributed by atoms with Crippen LogP contribution in [0, 0.1) is 0 Å². The van der Waals surface area contributed by atoms with E-state index in [-0.39, 0.29) is 22.3 Å². The summed E-state index contributed by atoms with van der Waals surface area (Å²) in [5.41, 5.74) is 0.115. The molecule has 0 spiro atoms. The van der Waals surface area contributed by atoms with E-state index < -0.39 is 35.8 Å². The Morgan fingerprint density at radius 2 is 1.78 bits per heavy atom. The lowest BCUT2D eigenvalue weighted by molar-refractivity contribution is 0.0598. The van der Waals surface area contributed by atoms with Crippen molar-refractivity contribution in [2.24, 2.45) is 0 Å². The summed E-state index contributed by atoms with van der Waals surface area (Å²) in [5.74, 6) is -1.18. The summed E-state index contributed by atoms with van der Waals surface area (Å²) >= 11 is 0. The van der Waals surface area contributed by atoms with Crippen LogP contribution in [0.4, 0.5) is 8.78 Å². The highest BCUT2D eigenvalue weighted by Crippen LogP contribution is 2.21. The molecule has 0 fully saturated rings. The van der Waals surface area contributed by atoms with Gasteiger partial charge in [-0.25, -0.2) is 22.0 Å². The number of alkyl halides is 2. The van der Waals surface area contributed by atoms with Crippen LogP contribution in [0.2, 0.25) is 0 Å². The van der Waals surface area contributed by atoms with E-state index in [9.17, 15) is 22.0 Å². The maximum absolute atomic E-state index is 12.7. The number of ether oxygens (including phenoxy) is 1. The molecule has 0 aliphatic heterocycles. The fourth-order valence-corrected chi connectivity index (χ4v) is 2.13. The summed E-state index contributed by atoms with van der Waals surface area (Å²) in [6.07, 6.45) is 0. The lowest BCUT2D eigenvalue weighted by atomic mass is 10.00. The van der Waals surface area contributed by atoms with Gasteiger partial charge in [0, 0.05) is 0 Å². The number of thiol groups is 1. The Morgan fingerprint density at radius 1 is 1.17 bits per heavy atom. The first-order valence-electron chi connectivity index (χ1n) is 5.00. The van der Waals surface area contributed by atoms with Crippen molar-refractivity contribution in [3.8, 4) is 0 Å². The van der Waals surface area contributed by atoms with Crippen LogP contribution in [0.25, 0.3) is 0 Å². The van der Waals surface area contributed by atoms with Gasteiger partial charge in [-0.1, -0.05) is 0 Å². The Labute approximate surface area is 105 Å². The van der Waals surface area contributed by atoms with Gasteiger partial charge in [-0.05, 0) is 28.8 Å². The number of rotatable bonds is 5. The molecule has 7 heteroatoms. The first-order chi connectivity index (χ1) is 8.53. The van der Waals surface area contributed by atoms with Gasteiger partial charge in [0.1, 0.15) is 24.1 Å². The molecule has 0 aliphatic rings. The monoisotopic (exact) mass is 278 g/mol. The zero-order valence-electron chi connectivity index (χ0n) is 9.61. The molecular formula is C11H12F2O4S. The fraction of sp³-hybridized carbons (Fsp3) is 0.364. The molecule has 0 heterocycles. The molecule has 0 amide bonds. The van der Waals surface area contributed by atoms with Gasteiger partial charge in [0.2, 0.25) is 0 Å². The van der Waals surface area contributed by atoms with Crippen LogP contribution in [0.5, 0.6) is 0 Å². The number of esters is 1. The van der Waals surface area contributed by atoms with Gasteiger partial charge in [-0.2, -0.15) is 0 Å². The van der Waals surface area contributed by atoms with Crippen molar-refractivity contribution in [1.29, 1.82) is 0 Å². The zero-order chi connectivity index (χ0) is 13.7. The van der Waals surface area contributed by atoms with Crippen LogP contribution < -0.4 is 0 Å². The van der Waals surface area contributed by atoms with Crippen LogP contribution in [0.15, 0.2) is 12.1 Å². The first kappa shape index (κ1) is 14.6. The van der Waals surface area contributed by atoms with Gasteiger partial charge in [0.25, 0.3) is 0 Å². The average molecular weight is 278 g/mol. The highest BCUT2D eigenvalue weighted by Gasteiger charge is 2.16. The highest BCUT2D eigenvalue weighted by atomic mass is 32.2.